The molecular formula is C17H34N2O2. The van der Waals surface area contributed by atoms with Gasteiger partial charge in [0.15, 0.2) is 0 Å². The van der Waals surface area contributed by atoms with Gasteiger partial charge in [0, 0.05) is 25.7 Å². The van der Waals surface area contributed by atoms with Crippen molar-refractivity contribution in [2.24, 2.45) is 5.41 Å². The number of ether oxygens (including phenoxy) is 1. The maximum absolute atomic E-state index is 12.2. The van der Waals surface area contributed by atoms with Crippen LogP contribution in [0.4, 0.5) is 4.79 Å². The molecule has 1 amide bonds. The molecule has 124 valence electrons. The van der Waals surface area contributed by atoms with Crippen molar-refractivity contribution in [1.82, 2.24) is 9.80 Å². The van der Waals surface area contributed by atoms with E-state index >= 15 is 0 Å². The Morgan fingerprint density at radius 2 is 1.81 bits per heavy atom. The predicted octanol–water partition coefficient (Wildman–Crippen LogP) is 3.75. The third-order valence-corrected chi connectivity index (χ3v) is 4.40. The molecule has 1 aliphatic rings. The van der Waals surface area contributed by atoms with Gasteiger partial charge < -0.3 is 9.64 Å². The van der Waals surface area contributed by atoms with E-state index in [1.807, 2.05) is 25.7 Å². The highest BCUT2D eigenvalue weighted by molar-refractivity contribution is 5.68. The molecule has 0 bridgehead atoms. The highest BCUT2D eigenvalue weighted by atomic mass is 16.6. The van der Waals surface area contributed by atoms with Gasteiger partial charge in [-0.1, -0.05) is 27.2 Å². The molecule has 0 aliphatic carbocycles. The largest absolute Gasteiger partial charge is 0.444 e. The predicted molar refractivity (Wildman–Crippen MR) is 87.5 cm³/mol. The second-order valence-corrected chi connectivity index (χ2v) is 8.09. The van der Waals surface area contributed by atoms with Crippen LogP contribution < -0.4 is 0 Å². The molecule has 0 aromatic heterocycles. The summed E-state index contributed by atoms with van der Waals surface area (Å²) in [5.41, 5.74) is -0.00930. The molecule has 0 radical (unpaired) electrons. The zero-order valence-corrected chi connectivity index (χ0v) is 15.0. The molecule has 1 fully saturated rings. The molecule has 0 aromatic carbocycles. The lowest BCUT2D eigenvalue weighted by molar-refractivity contribution is 0.000285. The van der Waals surface area contributed by atoms with Crippen LogP contribution in [-0.2, 0) is 4.74 Å². The van der Waals surface area contributed by atoms with Crippen molar-refractivity contribution >= 4 is 6.09 Å². The van der Waals surface area contributed by atoms with Gasteiger partial charge in [-0.2, -0.15) is 0 Å². The molecule has 4 heteroatoms. The fraction of sp³-hybridized carbons (Fsp3) is 0.941. The van der Waals surface area contributed by atoms with Crippen molar-refractivity contribution in [2.75, 3.05) is 26.2 Å². The fourth-order valence-electron chi connectivity index (χ4n) is 2.47. The molecule has 0 saturated carbocycles. The molecule has 21 heavy (non-hydrogen) atoms. The van der Waals surface area contributed by atoms with Crippen molar-refractivity contribution in [3.8, 4) is 0 Å². The lowest BCUT2D eigenvalue weighted by Gasteiger charge is -2.41. The Kier molecular flexibility index (Phi) is 6.09. The second-order valence-electron chi connectivity index (χ2n) is 8.09. The summed E-state index contributed by atoms with van der Waals surface area (Å²) >= 11 is 0. The van der Waals surface area contributed by atoms with Crippen molar-refractivity contribution < 1.29 is 9.53 Å². The van der Waals surface area contributed by atoms with E-state index in [1.165, 1.54) is 12.8 Å². The van der Waals surface area contributed by atoms with E-state index in [-0.39, 0.29) is 12.1 Å². The summed E-state index contributed by atoms with van der Waals surface area (Å²) in [6.07, 6.45) is 2.24. The monoisotopic (exact) mass is 298 g/mol. The van der Waals surface area contributed by atoms with Crippen LogP contribution in [0.2, 0.25) is 0 Å². The first-order valence-corrected chi connectivity index (χ1v) is 8.26. The Hall–Kier alpha value is -0.770. The Labute approximate surface area is 130 Å². The number of nitrogens with zero attached hydrogens (tertiary/aromatic N) is 2. The second kappa shape index (κ2) is 6.99. The summed E-state index contributed by atoms with van der Waals surface area (Å²) in [4.78, 5) is 16.5. The van der Waals surface area contributed by atoms with Gasteiger partial charge in [0.2, 0.25) is 0 Å². The summed E-state index contributed by atoms with van der Waals surface area (Å²) < 4.78 is 5.48. The topological polar surface area (TPSA) is 32.8 Å². The van der Waals surface area contributed by atoms with Crippen molar-refractivity contribution in [2.45, 2.75) is 73.0 Å². The van der Waals surface area contributed by atoms with E-state index in [0.717, 1.165) is 26.2 Å². The van der Waals surface area contributed by atoms with Crippen molar-refractivity contribution in [3.63, 3.8) is 0 Å². The van der Waals surface area contributed by atoms with Crippen LogP contribution in [-0.4, -0.2) is 53.7 Å². The van der Waals surface area contributed by atoms with Gasteiger partial charge in [0.05, 0.1) is 0 Å². The zero-order chi connectivity index (χ0) is 16.3. The minimum absolute atomic E-state index is 0.177. The first-order valence-electron chi connectivity index (χ1n) is 8.26. The number of carbonyl (C=O) groups is 1. The van der Waals surface area contributed by atoms with Crippen LogP contribution in [0, 0.1) is 5.41 Å². The molecule has 0 N–H and O–H groups in total. The van der Waals surface area contributed by atoms with E-state index in [4.69, 9.17) is 4.74 Å². The van der Waals surface area contributed by atoms with Gasteiger partial charge in [-0.15, -0.1) is 0 Å². The number of piperazine rings is 1. The molecular weight excluding hydrogens is 264 g/mol. The van der Waals surface area contributed by atoms with E-state index in [0.29, 0.717) is 5.41 Å². The zero-order valence-electron chi connectivity index (χ0n) is 15.0. The summed E-state index contributed by atoms with van der Waals surface area (Å²) in [5.74, 6) is 0. The number of hydrogen-bond donors (Lipinski definition) is 0. The Balaban J connectivity index is 2.45. The third-order valence-electron chi connectivity index (χ3n) is 4.40. The fourth-order valence-corrected chi connectivity index (χ4v) is 2.47. The summed E-state index contributed by atoms with van der Waals surface area (Å²) in [6, 6.07) is 0.221. The van der Waals surface area contributed by atoms with Crippen LogP contribution in [0.25, 0.3) is 0 Å². The molecule has 0 aromatic rings. The Morgan fingerprint density at radius 1 is 1.19 bits per heavy atom. The Morgan fingerprint density at radius 3 is 2.29 bits per heavy atom. The maximum atomic E-state index is 12.2. The van der Waals surface area contributed by atoms with Gasteiger partial charge in [-0.05, 0) is 46.1 Å². The van der Waals surface area contributed by atoms with Gasteiger partial charge in [-0.25, -0.2) is 4.79 Å². The average Bonchev–Trinajstić information content (AvgIpc) is 2.34. The van der Waals surface area contributed by atoms with Gasteiger partial charge in [0.1, 0.15) is 5.60 Å². The van der Waals surface area contributed by atoms with Crippen LogP contribution in [0.1, 0.15) is 61.3 Å². The minimum atomic E-state index is -0.418. The molecule has 1 aliphatic heterocycles. The van der Waals surface area contributed by atoms with Crippen LogP contribution in [0.5, 0.6) is 0 Å². The van der Waals surface area contributed by atoms with Crippen LogP contribution >= 0.6 is 0 Å². The van der Waals surface area contributed by atoms with E-state index < -0.39 is 5.60 Å². The number of rotatable bonds is 4. The molecule has 1 heterocycles. The molecule has 1 rings (SSSR count). The molecule has 4 nitrogen and oxygen atoms in total. The summed E-state index contributed by atoms with van der Waals surface area (Å²) in [5, 5.41) is 0. The minimum Gasteiger partial charge on any atom is -0.444 e. The Bertz CT molecular complexity index is 347. The molecule has 1 unspecified atom stereocenters. The standard InChI is InChI=1S/C17H34N2O2/c1-8-17(6,7)9-10-18-11-12-19(14(2)13-18)15(20)21-16(3,4)5/h14H,8-13H2,1-7H3. The number of amides is 1. The highest BCUT2D eigenvalue weighted by Crippen LogP contribution is 2.25. The van der Waals surface area contributed by atoms with Gasteiger partial charge in [-0.3, -0.25) is 4.90 Å². The van der Waals surface area contributed by atoms with Crippen molar-refractivity contribution in [1.29, 1.82) is 0 Å². The number of hydrogen-bond acceptors (Lipinski definition) is 3. The average molecular weight is 298 g/mol. The normalized spacial score (nSPS) is 21.5. The van der Waals surface area contributed by atoms with Gasteiger partial charge >= 0.3 is 6.09 Å². The first-order chi connectivity index (χ1) is 9.54. The third kappa shape index (κ3) is 6.25. The number of carbonyl (C=O) groups excluding carboxylic acids is 1. The SMILES string of the molecule is CCC(C)(C)CCN1CCN(C(=O)OC(C)(C)C)C(C)C1. The smallest absolute Gasteiger partial charge is 0.410 e. The summed E-state index contributed by atoms with van der Waals surface area (Å²) in [7, 11) is 0. The summed E-state index contributed by atoms with van der Waals surface area (Å²) in [6.45, 7) is 18.5. The quantitative estimate of drug-likeness (QED) is 0.792. The maximum Gasteiger partial charge on any atom is 0.410 e. The molecule has 1 saturated heterocycles. The highest BCUT2D eigenvalue weighted by Gasteiger charge is 2.31. The lowest BCUT2D eigenvalue weighted by atomic mass is 9.86. The molecule has 1 atom stereocenters. The van der Waals surface area contributed by atoms with E-state index in [2.05, 4.69) is 32.6 Å². The van der Waals surface area contributed by atoms with Gasteiger partial charge in [0.25, 0.3) is 0 Å². The van der Waals surface area contributed by atoms with Crippen LogP contribution in [0.3, 0.4) is 0 Å². The first kappa shape index (κ1) is 18.3. The van der Waals surface area contributed by atoms with Crippen LogP contribution in [0.15, 0.2) is 0 Å². The lowest BCUT2D eigenvalue weighted by Crippen LogP contribution is -2.55. The molecule has 0 spiro atoms. The van der Waals surface area contributed by atoms with E-state index in [9.17, 15) is 4.79 Å². The van der Waals surface area contributed by atoms with E-state index in [1.54, 1.807) is 0 Å². The van der Waals surface area contributed by atoms with Crippen molar-refractivity contribution in [3.05, 3.63) is 0 Å².